The summed E-state index contributed by atoms with van der Waals surface area (Å²) in [4.78, 5) is 29.3. The smallest absolute Gasteiger partial charge is 0.316 e. The van der Waals surface area contributed by atoms with Gasteiger partial charge < -0.3 is 10.1 Å². The number of rotatable bonds is 16. The first-order chi connectivity index (χ1) is 35.9. The second kappa shape index (κ2) is 24.7. The van der Waals surface area contributed by atoms with Crippen LogP contribution in [0.5, 0.6) is 0 Å². The van der Waals surface area contributed by atoms with Crippen LogP contribution in [0.15, 0.2) is 145 Å². The Kier molecular flexibility index (Phi) is 18.6. The van der Waals surface area contributed by atoms with Crippen molar-refractivity contribution >= 4 is 16.6 Å². The van der Waals surface area contributed by atoms with Crippen molar-refractivity contribution in [2.45, 2.75) is 157 Å². The van der Waals surface area contributed by atoms with Crippen molar-refractivity contribution in [3.05, 3.63) is 190 Å². The van der Waals surface area contributed by atoms with Gasteiger partial charge in [0.1, 0.15) is 0 Å². The van der Waals surface area contributed by atoms with Crippen molar-refractivity contribution in [1.82, 2.24) is 19.9 Å². The molecule has 8 aromatic rings. The Labute approximate surface area is 467 Å². The fourth-order valence-electron chi connectivity index (χ4n) is 10.6. The van der Waals surface area contributed by atoms with Gasteiger partial charge in [-0.05, 0) is 100 Å². The topological polar surface area (TPSA) is 93.2 Å². The molecule has 0 bridgehead atoms. The zero-order chi connectivity index (χ0) is 53.5. The Bertz CT molecular complexity index is 3210. The molecule has 0 fully saturated rings. The molecule has 1 aliphatic rings. The molecule has 395 valence electrons. The van der Waals surface area contributed by atoms with E-state index in [4.69, 9.17) is 29.8 Å². The molecule has 1 aliphatic carbocycles. The summed E-state index contributed by atoms with van der Waals surface area (Å²) < 4.78 is 0. The summed E-state index contributed by atoms with van der Waals surface area (Å²) in [5, 5.41) is 10.5. The fraction of sp³-hybridized carbons (Fsp3) is 0.348. The second-order valence-electron chi connectivity index (χ2n) is 23.0. The van der Waals surface area contributed by atoms with Crippen molar-refractivity contribution in [1.29, 1.82) is 0 Å². The summed E-state index contributed by atoms with van der Waals surface area (Å²) in [6.07, 6.45) is 15.6. The maximum absolute atomic E-state index is 8.40. The van der Waals surface area contributed by atoms with Gasteiger partial charge in [-0.15, -0.1) is 29.3 Å². The molecular formula is C69H78IrN4O2. The van der Waals surface area contributed by atoms with Crippen LogP contribution in [0.2, 0.25) is 0 Å². The van der Waals surface area contributed by atoms with E-state index in [2.05, 4.69) is 196 Å². The van der Waals surface area contributed by atoms with E-state index in [1.165, 1.54) is 121 Å². The number of pyridine rings is 1. The first kappa shape index (κ1) is 57.3. The number of nitrogens with zero attached hydrogens (tertiary/aromatic N) is 4. The molecular weight excluding hydrogens is 1110 g/mol. The fourth-order valence-corrected chi connectivity index (χ4v) is 10.6. The third-order valence-electron chi connectivity index (χ3n) is 14.9. The molecule has 0 saturated carbocycles. The zero-order valence-electron chi connectivity index (χ0n) is 46.9. The maximum Gasteiger partial charge on any atom is 0.316 e. The Morgan fingerprint density at radius 3 is 1.61 bits per heavy atom. The number of benzene rings is 6. The SMILES string of the molecule is CC(=[OH+])/C=C(/C)O.CCCCCCc1cc(CCCCCC)cc(C2(C)c3ccccc3-c3c[c-]c(-c4ncc(-c5nc(-c6ccc(C(C)(C)C)cc6)nc(-c6ccc(C(C)(C)C)cc6)n5)c5ccccc45)cc32)c1.[Ir]. The minimum absolute atomic E-state index is 0. The summed E-state index contributed by atoms with van der Waals surface area (Å²) in [5.41, 5.74) is 16.4. The number of fused-ring (bicyclic) bond motifs is 4. The molecule has 2 aromatic heterocycles. The molecule has 1 radical (unpaired) electrons. The number of unbranched alkanes of at least 4 members (excludes halogenated alkanes) is 6. The summed E-state index contributed by atoms with van der Waals surface area (Å²) in [6.45, 7) is 23.5. The van der Waals surface area contributed by atoms with Crippen LogP contribution in [-0.2, 0) is 49.2 Å². The molecule has 76 heavy (non-hydrogen) atoms. The van der Waals surface area contributed by atoms with Crippen molar-refractivity contribution in [2.75, 3.05) is 0 Å². The molecule has 2 N–H and O–H groups in total. The summed E-state index contributed by atoms with van der Waals surface area (Å²) in [5.74, 6) is 2.12. The van der Waals surface area contributed by atoms with Gasteiger partial charge in [0.25, 0.3) is 0 Å². The van der Waals surface area contributed by atoms with Crippen LogP contribution in [-0.4, -0.2) is 35.6 Å². The Morgan fingerprint density at radius 2 is 1.11 bits per heavy atom. The largest absolute Gasteiger partial charge is 0.512 e. The predicted octanol–water partition coefficient (Wildman–Crippen LogP) is 18.1. The molecule has 1 atom stereocenters. The van der Waals surface area contributed by atoms with Gasteiger partial charge >= 0.3 is 5.78 Å². The van der Waals surface area contributed by atoms with Crippen LogP contribution >= 0.6 is 0 Å². The van der Waals surface area contributed by atoms with Gasteiger partial charge in [0.2, 0.25) is 0 Å². The van der Waals surface area contributed by atoms with E-state index in [1.54, 1.807) is 0 Å². The monoisotopic (exact) mass is 1190 g/mol. The van der Waals surface area contributed by atoms with Crippen LogP contribution in [0.4, 0.5) is 0 Å². The number of aliphatic hydroxyl groups is 1. The van der Waals surface area contributed by atoms with Crippen LogP contribution in [0.1, 0.15) is 166 Å². The van der Waals surface area contributed by atoms with E-state index in [-0.39, 0.29) is 47.9 Å². The molecule has 0 spiro atoms. The van der Waals surface area contributed by atoms with Gasteiger partial charge in [-0.3, -0.25) is 4.79 Å². The minimum Gasteiger partial charge on any atom is -0.512 e. The number of ketones is 1. The van der Waals surface area contributed by atoms with Gasteiger partial charge in [-0.2, -0.15) is 0 Å². The Morgan fingerprint density at radius 1 is 0.592 bits per heavy atom. The van der Waals surface area contributed by atoms with Gasteiger partial charge in [0, 0.05) is 48.4 Å². The Hall–Kier alpha value is -6.40. The van der Waals surface area contributed by atoms with Crippen LogP contribution in [0.25, 0.3) is 67.3 Å². The normalized spacial score (nSPS) is 14.1. The van der Waals surface area contributed by atoms with Gasteiger partial charge in [-0.25, -0.2) is 15.0 Å². The molecule has 1 unspecified atom stereocenters. The molecule has 9 rings (SSSR count). The standard InChI is InChI=1S/C64H69N4.C5H8O2.Ir/c1-10-12-14-16-22-43-38-44(23-17-15-13-11-2)40-50(39-43)64(9)56-27-21-20-25-52(56)53-37-32-47(41-57(53)64)58-54-26-19-18-24-51(54)55(42-65-58)61-67-59(45-28-33-48(34-29-45)62(3,4)5)66-60(68-61)46-30-35-49(36-31-46)63(6,7)8;1-4(6)3-5(2)7;/h18-21,24-31,33-42H,10-17,22-23H2,1-9H3;3,6H,1-2H3;/q-1;;/p+1/b;4-3-;. The summed E-state index contributed by atoms with van der Waals surface area (Å²) in [7, 11) is 0. The summed E-state index contributed by atoms with van der Waals surface area (Å²) >= 11 is 0. The molecule has 7 heteroatoms. The van der Waals surface area contributed by atoms with E-state index in [9.17, 15) is 0 Å². The third-order valence-corrected chi connectivity index (χ3v) is 14.9. The third kappa shape index (κ3) is 13.0. The number of hydrogen-bond donors (Lipinski definition) is 1. The average molecular weight is 1190 g/mol. The predicted molar refractivity (Wildman–Crippen MR) is 315 cm³/mol. The van der Waals surface area contributed by atoms with E-state index < -0.39 is 0 Å². The van der Waals surface area contributed by atoms with Crippen molar-refractivity contribution < 1.29 is 30.0 Å². The van der Waals surface area contributed by atoms with Crippen molar-refractivity contribution in [3.8, 4) is 56.5 Å². The van der Waals surface area contributed by atoms with E-state index in [0.717, 1.165) is 51.6 Å². The van der Waals surface area contributed by atoms with E-state index in [1.807, 2.05) is 6.20 Å². The molecule has 0 saturated heterocycles. The van der Waals surface area contributed by atoms with Gasteiger partial charge in [0.15, 0.2) is 17.5 Å². The van der Waals surface area contributed by atoms with Gasteiger partial charge in [-0.1, -0.05) is 220 Å². The number of aliphatic hydroxyl groups excluding tert-OH is 1. The van der Waals surface area contributed by atoms with Crippen molar-refractivity contribution in [3.63, 3.8) is 0 Å². The summed E-state index contributed by atoms with van der Waals surface area (Å²) in [6, 6.07) is 50.9. The minimum atomic E-state index is -0.350. The zero-order valence-corrected chi connectivity index (χ0v) is 49.3. The van der Waals surface area contributed by atoms with E-state index in [0.29, 0.717) is 17.5 Å². The molecule has 6 aromatic carbocycles. The quantitative estimate of drug-likeness (QED) is 0.0342. The number of aryl methyl sites for hydroxylation is 2. The first-order valence-corrected chi connectivity index (χ1v) is 27.4. The number of allylic oxidation sites excluding steroid dienone is 2. The number of hydrogen-bond acceptors (Lipinski definition) is 5. The molecule has 0 amide bonds. The Balaban J connectivity index is 0.000000983. The number of carbonyl (C=O) groups excluding carboxylic acids is 1. The molecule has 0 aliphatic heterocycles. The van der Waals surface area contributed by atoms with Crippen LogP contribution in [0, 0.1) is 6.07 Å². The molecule has 2 heterocycles. The van der Waals surface area contributed by atoms with E-state index >= 15 is 0 Å². The van der Waals surface area contributed by atoms with Crippen LogP contribution in [0.3, 0.4) is 0 Å². The average Bonchev–Trinajstić information content (AvgIpc) is 3.73. The van der Waals surface area contributed by atoms with Gasteiger partial charge in [0.05, 0.1) is 18.8 Å². The molecule has 6 nitrogen and oxygen atoms in total. The second-order valence-corrected chi connectivity index (χ2v) is 23.0. The van der Waals surface area contributed by atoms with Crippen LogP contribution < -0.4 is 0 Å². The first-order valence-electron chi connectivity index (χ1n) is 27.4. The maximum atomic E-state index is 8.40. The number of aromatic nitrogens is 4. The van der Waals surface area contributed by atoms with Crippen molar-refractivity contribution in [2.24, 2.45) is 0 Å².